The van der Waals surface area contributed by atoms with Gasteiger partial charge in [0.25, 0.3) is 0 Å². The van der Waals surface area contributed by atoms with E-state index in [2.05, 4.69) is 0 Å². The summed E-state index contributed by atoms with van der Waals surface area (Å²) in [5.74, 6) is 0.190. The van der Waals surface area contributed by atoms with Gasteiger partial charge in [-0.15, -0.1) is 0 Å². The van der Waals surface area contributed by atoms with Crippen molar-refractivity contribution in [2.45, 2.75) is 13.0 Å². The van der Waals surface area contributed by atoms with E-state index < -0.39 is 18.7 Å². The maximum absolute atomic E-state index is 10.6. The number of hydrogen-bond acceptors (Lipinski definition) is 3. The Kier molecular flexibility index (Phi) is 4.63. The van der Waals surface area contributed by atoms with Gasteiger partial charge in [-0.2, -0.15) is 0 Å². The molecule has 0 spiro atoms. The first kappa shape index (κ1) is 11.5. The molecule has 1 aromatic rings. The van der Waals surface area contributed by atoms with Gasteiger partial charge in [0, 0.05) is 6.92 Å². The average Bonchev–Trinajstić information content (AvgIpc) is 2.25. The summed E-state index contributed by atoms with van der Waals surface area (Å²) in [4.78, 5) is 10.6. The van der Waals surface area contributed by atoms with Crippen LogP contribution in [0.2, 0.25) is 0 Å². The van der Waals surface area contributed by atoms with Crippen molar-refractivity contribution in [1.29, 1.82) is 0 Å². The van der Waals surface area contributed by atoms with E-state index in [-0.39, 0.29) is 6.61 Å². The smallest absolute Gasteiger partial charge is 0.303 e. The third-order valence-corrected chi connectivity index (χ3v) is 1.70. The summed E-state index contributed by atoms with van der Waals surface area (Å²) in [5, 5.41) is 10.6. The molecule has 4 nitrogen and oxygen atoms in total. The van der Waals surface area contributed by atoms with Gasteiger partial charge in [0.2, 0.25) is 0 Å². The molecule has 1 atom stereocenters. The fraction of sp³-hybridized carbons (Fsp3) is 0.364. The summed E-state index contributed by atoms with van der Waals surface area (Å²) in [5.41, 5.74) is 0. The molecule has 0 saturated heterocycles. The van der Waals surface area contributed by atoms with E-state index in [4.69, 9.17) is 9.47 Å². The first-order valence-corrected chi connectivity index (χ1v) is 4.65. The number of rotatable bonds is 5. The van der Waals surface area contributed by atoms with Crippen molar-refractivity contribution in [3.63, 3.8) is 0 Å². The molecule has 1 radical (unpaired) electrons. The van der Waals surface area contributed by atoms with E-state index in [0.29, 0.717) is 5.75 Å². The van der Waals surface area contributed by atoms with Crippen LogP contribution in [0, 0.1) is 0 Å². The average molecular weight is 209 g/mol. The Labute approximate surface area is 88.4 Å². The summed E-state index contributed by atoms with van der Waals surface area (Å²) >= 11 is 0. The minimum atomic E-state index is -0.720. The van der Waals surface area contributed by atoms with Gasteiger partial charge in [-0.05, 0) is 12.1 Å². The summed E-state index contributed by atoms with van der Waals surface area (Å²) in [6.07, 6.45) is -0.720. The predicted molar refractivity (Wildman–Crippen MR) is 53.0 cm³/mol. The maximum atomic E-state index is 10.6. The van der Waals surface area contributed by atoms with Gasteiger partial charge < -0.3 is 9.47 Å². The van der Waals surface area contributed by atoms with Gasteiger partial charge in [-0.1, -0.05) is 18.2 Å². The molecule has 0 aliphatic rings. The van der Waals surface area contributed by atoms with Crippen LogP contribution in [0.15, 0.2) is 30.3 Å². The zero-order valence-corrected chi connectivity index (χ0v) is 8.51. The second-order valence-electron chi connectivity index (χ2n) is 3.02. The van der Waals surface area contributed by atoms with E-state index >= 15 is 0 Å². The second kappa shape index (κ2) is 6.03. The van der Waals surface area contributed by atoms with Crippen LogP contribution in [-0.2, 0) is 14.6 Å². The Morgan fingerprint density at radius 2 is 2.00 bits per heavy atom. The van der Waals surface area contributed by atoms with Crippen LogP contribution in [-0.4, -0.2) is 25.3 Å². The SMILES string of the molecule is CC(=O)OC(C[O])COc1ccccc1. The summed E-state index contributed by atoms with van der Waals surface area (Å²) < 4.78 is 10.0. The van der Waals surface area contributed by atoms with Crippen LogP contribution in [0.3, 0.4) is 0 Å². The third kappa shape index (κ3) is 4.46. The van der Waals surface area contributed by atoms with Crippen molar-refractivity contribution in [3.8, 4) is 5.75 Å². The number of para-hydroxylation sites is 1. The number of hydrogen-bond donors (Lipinski definition) is 0. The van der Waals surface area contributed by atoms with Crippen molar-refractivity contribution < 1.29 is 19.4 Å². The number of ether oxygens (including phenoxy) is 2. The molecule has 81 valence electrons. The molecule has 0 saturated carbocycles. The number of carbonyl (C=O) groups excluding carboxylic acids is 1. The molecule has 0 fully saturated rings. The topological polar surface area (TPSA) is 55.4 Å². The summed E-state index contributed by atoms with van der Waals surface area (Å²) in [6.45, 7) is 0.866. The number of esters is 1. The highest BCUT2D eigenvalue weighted by Gasteiger charge is 2.12. The first-order valence-electron chi connectivity index (χ1n) is 4.65. The van der Waals surface area contributed by atoms with Crippen LogP contribution in [0.25, 0.3) is 0 Å². The fourth-order valence-corrected chi connectivity index (χ4v) is 1.06. The lowest BCUT2D eigenvalue weighted by molar-refractivity contribution is -0.151. The number of benzene rings is 1. The molecule has 0 bridgehead atoms. The molecule has 0 amide bonds. The molecule has 1 aromatic carbocycles. The van der Waals surface area contributed by atoms with Gasteiger partial charge in [-0.25, -0.2) is 5.11 Å². The largest absolute Gasteiger partial charge is 0.490 e. The van der Waals surface area contributed by atoms with E-state index in [1.54, 1.807) is 12.1 Å². The molecule has 1 unspecified atom stereocenters. The lowest BCUT2D eigenvalue weighted by Gasteiger charge is -2.14. The van der Waals surface area contributed by atoms with Gasteiger partial charge >= 0.3 is 5.97 Å². The fourth-order valence-electron chi connectivity index (χ4n) is 1.06. The minimum absolute atomic E-state index is 0.0904. The zero-order valence-electron chi connectivity index (χ0n) is 8.51. The van der Waals surface area contributed by atoms with E-state index in [1.807, 2.05) is 18.2 Å². The molecule has 4 heteroatoms. The normalized spacial score (nSPS) is 11.9. The molecule has 15 heavy (non-hydrogen) atoms. The second-order valence-corrected chi connectivity index (χ2v) is 3.02. The highest BCUT2D eigenvalue weighted by atomic mass is 16.6. The maximum Gasteiger partial charge on any atom is 0.303 e. The lowest BCUT2D eigenvalue weighted by Crippen LogP contribution is -2.27. The van der Waals surface area contributed by atoms with Crippen LogP contribution in [0.1, 0.15) is 6.92 Å². The Morgan fingerprint density at radius 1 is 1.33 bits per heavy atom. The van der Waals surface area contributed by atoms with Gasteiger partial charge in [0.05, 0.1) is 0 Å². The van der Waals surface area contributed by atoms with Gasteiger partial charge in [0.1, 0.15) is 19.0 Å². The Morgan fingerprint density at radius 3 is 2.53 bits per heavy atom. The molecule has 0 heterocycles. The molecule has 0 aliphatic carbocycles. The Balaban J connectivity index is 2.37. The molecule has 1 rings (SSSR count). The first-order chi connectivity index (χ1) is 7.22. The van der Waals surface area contributed by atoms with Crippen molar-refractivity contribution in [1.82, 2.24) is 0 Å². The number of carbonyl (C=O) groups is 1. The molecular weight excluding hydrogens is 196 g/mol. The lowest BCUT2D eigenvalue weighted by atomic mass is 10.3. The zero-order chi connectivity index (χ0) is 11.1. The van der Waals surface area contributed by atoms with Crippen LogP contribution >= 0.6 is 0 Å². The Hall–Kier alpha value is -1.55. The molecule has 0 aromatic heterocycles. The monoisotopic (exact) mass is 209 g/mol. The van der Waals surface area contributed by atoms with Gasteiger partial charge in [-0.3, -0.25) is 4.79 Å². The van der Waals surface area contributed by atoms with Crippen LogP contribution in [0.5, 0.6) is 5.75 Å². The highest BCUT2D eigenvalue weighted by molar-refractivity contribution is 5.66. The summed E-state index contributed by atoms with van der Waals surface area (Å²) in [7, 11) is 0. The summed E-state index contributed by atoms with van der Waals surface area (Å²) in [6, 6.07) is 9.07. The van der Waals surface area contributed by atoms with E-state index in [0.717, 1.165) is 0 Å². The van der Waals surface area contributed by atoms with Crippen LogP contribution < -0.4 is 4.74 Å². The van der Waals surface area contributed by atoms with Crippen molar-refractivity contribution in [2.24, 2.45) is 0 Å². The van der Waals surface area contributed by atoms with Crippen molar-refractivity contribution >= 4 is 5.97 Å². The predicted octanol–water partition coefficient (Wildman–Crippen LogP) is 1.43. The third-order valence-electron chi connectivity index (χ3n) is 1.70. The Bertz CT molecular complexity index is 297. The van der Waals surface area contributed by atoms with Crippen LogP contribution in [0.4, 0.5) is 0 Å². The minimum Gasteiger partial charge on any atom is -0.490 e. The quantitative estimate of drug-likeness (QED) is 0.689. The molecule has 0 N–H and O–H groups in total. The standard InChI is InChI=1S/C11H13O4/c1-9(13)15-11(7-12)8-14-10-5-3-2-4-6-10/h2-6,11H,7-8H2,1H3. The van der Waals surface area contributed by atoms with Crippen molar-refractivity contribution in [3.05, 3.63) is 30.3 Å². The van der Waals surface area contributed by atoms with E-state index in [9.17, 15) is 9.90 Å². The van der Waals surface area contributed by atoms with Gasteiger partial charge in [0.15, 0.2) is 6.10 Å². The molecular formula is C11H13O4. The molecule has 0 aliphatic heterocycles. The highest BCUT2D eigenvalue weighted by Crippen LogP contribution is 2.09. The van der Waals surface area contributed by atoms with E-state index in [1.165, 1.54) is 6.92 Å². The van der Waals surface area contributed by atoms with Crippen molar-refractivity contribution in [2.75, 3.05) is 13.2 Å².